The minimum absolute atomic E-state index is 0.0661. The van der Waals surface area contributed by atoms with E-state index >= 15 is 0 Å². The summed E-state index contributed by atoms with van der Waals surface area (Å²) in [6, 6.07) is 15.8. The first kappa shape index (κ1) is 27.3. The largest absolute Gasteiger partial charge is 0.486 e. The summed E-state index contributed by atoms with van der Waals surface area (Å²) in [5.41, 5.74) is 1.85. The molecule has 12 heteroatoms. The number of aromatic nitrogens is 2. The number of halogens is 3. The average Bonchev–Trinajstić information content (AvgIpc) is 3.45. The highest BCUT2D eigenvalue weighted by molar-refractivity contribution is 7.92. The third kappa shape index (κ3) is 5.81. The van der Waals surface area contributed by atoms with Crippen molar-refractivity contribution in [2.75, 3.05) is 10.8 Å². The Bertz CT molecular complexity index is 1640. The second-order valence-electron chi connectivity index (χ2n) is 9.26. The third-order valence-corrected chi connectivity index (χ3v) is 8.17. The molecule has 40 heavy (non-hydrogen) atoms. The van der Waals surface area contributed by atoms with Gasteiger partial charge in [-0.1, -0.05) is 18.2 Å². The van der Waals surface area contributed by atoms with E-state index in [0.29, 0.717) is 11.3 Å². The quantitative estimate of drug-likeness (QED) is 0.257. The number of ether oxygens (including phenoxy) is 2. The van der Waals surface area contributed by atoms with Gasteiger partial charge in [0.1, 0.15) is 29.1 Å². The van der Waals surface area contributed by atoms with E-state index in [2.05, 4.69) is 14.9 Å². The van der Waals surface area contributed by atoms with Gasteiger partial charge in [0.25, 0.3) is 10.0 Å². The van der Waals surface area contributed by atoms with Crippen LogP contribution in [0.25, 0.3) is 11.1 Å². The molecule has 1 atom stereocenters. The molecule has 8 nitrogen and oxygen atoms in total. The Morgan fingerprint density at radius 3 is 2.67 bits per heavy atom. The maximum Gasteiger partial charge on any atom is 0.387 e. The van der Waals surface area contributed by atoms with E-state index in [4.69, 9.17) is 4.74 Å². The van der Waals surface area contributed by atoms with Crippen LogP contribution in [0.1, 0.15) is 28.9 Å². The highest BCUT2D eigenvalue weighted by Gasteiger charge is 2.35. The Hall–Kier alpha value is -4.32. The van der Waals surface area contributed by atoms with Crippen LogP contribution in [0.15, 0.2) is 77.8 Å². The van der Waals surface area contributed by atoms with Gasteiger partial charge in [-0.3, -0.25) is 14.2 Å². The van der Waals surface area contributed by atoms with Crippen LogP contribution in [0.2, 0.25) is 0 Å². The van der Waals surface area contributed by atoms with Gasteiger partial charge in [-0.15, -0.1) is 0 Å². The van der Waals surface area contributed by atoms with Crippen LogP contribution in [0.5, 0.6) is 11.5 Å². The second-order valence-corrected chi connectivity index (χ2v) is 11.1. The molecule has 0 amide bonds. The monoisotopic (exact) mass is 571 g/mol. The van der Waals surface area contributed by atoms with Crippen molar-refractivity contribution in [3.63, 3.8) is 0 Å². The maximum absolute atomic E-state index is 14.2. The van der Waals surface area contributed by atoms with E-state index in [9.17, 15) is 26.4 Å². The predicted molar refractivity (Wildman–Crippen MR) is 141 cm³/mol. The Kier molecular flexibility index (Phi) is 7.53. The molecule has 0 spiro atoms. The number of aromatic amines is 1. The van der Waals surface area contributed by atoms with E-state index in [0.717, 1.165) is 17.7 Å². The van der Waals surface area contributed by atoms with Crippen LogP contribution in [-0.2, 0) is 10.0 Å². The molecule has 0 saturated carbocycles. The zero-order chi connectivity index (χ0) is 28.4. The summed E-state index contributed by atoms with van der Waals surface area (Å²) in [4.78, 5) is 12.6. The lowest BCUT2D eigenvalue weighted by molar-refractivity contribution is -0.0499. The summed E-state index contributed by atoms with van der Waals surface area (Å²) in [6.45, 7) is -1.46. The number of aryl methyl sites for hydroxylation is 1. The van der Waals surface area contributed by atoms with Crippen LogP contribution in [0.3, 0.4) is 0 Å². The molecule has 1 aromatic heterocycles. The third-order valence-electron chi connectivity index (χ3n) is 6.39. The van der Waals surface area contributed by atoms with Crippen molar-refractivity contribution in [3.05, 3.63) is 90.0 Å². The fourth-order valence-electron chi connectivity index (χ4n) is 4.51. The van der Waals surface area contributed by atoms with Crippen LogP contribution < -0.4 is 13.8 Å². The minimum Gasteiger partial charge on any atom is -0.486 e. The van der Waals surface area contributed by atoms with E-state index in [1.165, 1.54) is 34.8 Å². The fraction of sp³-hybridized carbons (Fsp3) is 0.214. The molecule has 0 aliphatic carbocycles. The zero-order valence-electron chi connectivity index (χ0n) is 21.2. The zero-order valence-corrected chi connectivity index (χ0v) is 22.0. The smallest absolute Gasteiger partial charge is 0.387 e. The number of carbonyl (C=O) groups excluding carboxylic acids is 1. The van der Waals surface area contributed by atoms with Crippen molar-refractivity contribution < 1.29 is 35.9 Å². The molecule has 1 N–H and O–H groups in total. The fourth-order valence-corrected chi connectivity index (χ4v) is 6.11. The number of anilines is 1. The molecule has 0 fully saturated rings. The van der Waals surface area contributed by atoms with Gasteiger partial charge in [-0.2, -0.15) is 13.9 Å². The van der Waals surface area contributed by atoms with E-state index < -0.39 is 28.6 Å². The molecular formula is C28H24F3N3O5S. The van der Waals surface area contributed by atoms with Gasteiger partial charge in [0.15, 0.2) is 5.78 Å². The molecule has 0 bridgehead atoms. The van der Waals surface area contributed by atoms with Gasteiger partial charge < -0.3 is 9.47 Å². The molecule has 0 unspecified atom stereocenters. The molecule has 4 aromatic rings. The Morgan fingerprint density at radius 1 is 1.12 bits per heavy atom. The molecule has 1 aliphatic heterocycles. The molecule has 3 aromatic carbocycles. The lowest BCUT2D eigenvalue weighted by Crippen LogP contribution is -2.43. The Balaban J connectivity index is 1.52. The Morgan fingerprint density at radius 2 is 1.95 bits per heavy atom. The van der Waals surface area contributed by atoms with Gasteiger partial charge in [0.2, 0.25) is 0 Å². The first-order valence-corrected chi connectivity index (χ1v) is 13.7. The maximum atomic E-state index is 14.2. The van der Waals surface area contributed by atoms with Crippen molar-refractivity contribution in [3.8, 4) is 22.6 Å². The summed E-state index contributed by atoms with van der Waals surface area (Å²) in [7, 11) is -4.09. The van der Waals surface area contributed by atoms with Crippen LogP contribution in [-0.4, -0.2) is 43.7 Å². The summed E-state index contributed by atoms with van der Waals surface area (Å²) in [6.07, 6.45) is 1.14. The number of hydrogen-bond acceptors (Lipinski definition) is 6. The van der Waals surface area contributed by atoms with Gasteiger partial charge in [0.05, 0.1) is 17.1 Å². The standard InChI is InChI=1S/C28H24F3N3O5S/c1-17-3-2-4-23(11-17)40(36,37)34-16-21(6-7-26(35)24-9-10-32-33-24)38-27-8-5-18(14-25(27)34)19-12-20(29)15-22(13-19)39-28(30)31/h2-5,8-15,21,28H,6-7,16H2,1H3,(H,32,33)/t21-/m0/s1. The summed E-state index contributed by atoms with van der Waals surface area (Å²) < 4.78 is 79.2. The van der Waals surface area contributed by atoms with Crippen molar-refractivity contribution in [2.45, 2.75) is 37.4 Å². The number of Topliss-reactive ketones (excluding diaryl/α,β-unsaturated/α-hetero) is 1. The topological polar surface area (TPSA) is 102 Å². The normalized spacial score (nSPS) is 15.0. The lowest BCUT2D eigenvalue weighted by Gasteiger charge is -2.36. The number of H-pyrrole nitrogens is 1. The van der Waals surface area contributed by atoms with Gasteiger partial charge in [-0.25, -0.2) is 12.8 Å². The number of ketones is 1. The second kappa shape index (κ2) is 11.0. The highest BCUT2D eigenvalue weighted by atomic mass is 32.2. The van der Waals surface area contributed by atoms with Crippen LogP contribution >= 0.6 is 0 Å². The summed E-state index contributed by atoms with van der Waals surface area (Å²) in [5, 5.41) is 6.39. The van der Waals surface area contributed by atoms with E-state index in [-0.39, 0.29) is 52.8 Å². The number of nitrogens with one attached hydrogen (secondary N) is 1. The molecule has 208 valence electrons. The Labute approximate surface area is 228 Å². The van der Waals surface area contributed by atoms with Crippen molar-refractivity contribution in [1.29, 1.82) is 0 Å². The number of fused-ring (bicyclic) bond motifs is 1. The number of hydrogen-bond donors (Lipinski definition) is 1. The number of carbonyl (C=O) groups is 1. The number of benzene rings is 3. The van der Waals surface area contributed by atoms with Crippen molar-refractivity contribution in [1.82, 2.24) is 10.2 Å². The predicted octanol–water partition coefficient (Wildman–Crippen LogP) is 5.75. The number of nitrogens with zero attached hydrogens (tertiary/aromatic N) is 2. The molecule has 5 rings (SSSR count). The molecular weight excluding hydrogens is 547 g/mol. The summed E-state index contributed by atoms with van der Waals surface area (Å²) in [5.74, 6) is -1.12. The molecule has 0 saturated heterocycles. The molecule has 2 heterocycles. The number of alkyl halides is 2. The average molecular weight is 572 g/mol. The minimum atomic E-state index is -4.09. The number of sulfonamides is 1. The van der Waals surface area contributed by atoms with Crippen LogP contribution in [0.4, 0.5) is 18.9 Å². The van der Waals surface area contributed by atoms with Gasteiger partial charge >= 0.3 is 6.61 Å². The van der Waals surface area contributed by atoms with Crippen molar-refractivity contribution >= 4 is 21.5 Å². The highest BCUT2D eigenvalue weighted by Crippen LogP contribution is 2.41. The number of rotatable bonds is 9. The first-order valence-electron chi connectivity index (χ1n) is 12.3. The lowest BCUT2D eigenvalue weighted by atomic mass is 10.0. The molecule has 0 radical (unpaired) electrons. The van der Waals surface area contributed by atoms with E-state index in [1.807, 2.05) is 0 Å². The SMILES string of the molecule is Cc1cccc(S(=O)(=O)N2C[C@H](CCC(=O)c3ccn[nH]3)Oc3ccc(-c4cc(F)cc(OC(F)F)c4)cc32)c1. The van der Waals surface area contributed by atoms with E-state index in [1.54, 1.807) is 37.3 Å². The van der Waals surface area contributed by atoms with Crippen LogP contribution in [0, 0.1) is 12.7 Å². The van der Waals surface area contributed by atoms with Gasteiger partial charge in [-0.05, 0) is 72.5 Å². The van der Waals surface area contributed by atoms with Crippen molar-refractivity contribution in [2.24, 2.45) is 0 Å². The van der Waals surface area contributed by atoms with Gasteiger partial charge in [0, 0.05) is 18.7 Å². The molecule has 1 aliphatic rings. The first-order chi connectivity index (χ1) is 19.1. The summed E-state index contributed by atoms with van der Waals surface area (Å²) >= 11 is 0.